The van der Waals surface area contributed by atoms with Gasteiger partial charge in [-0.15, -0.1) is 12.4 Å². The molecule has 2 N–H and O–H groups in total. The highest BCUT2D eigenvalue weighted by molar-refractivity contribution is 5.94. The fraction of sp³-hybridized carbons (Fsp3) is 0.375. The summed E-state index contributed by atoms with van der Waals surface area (Å²) in [6.45, 7) is 2.22. The summed E-state index contributed by atoms with van der Waals surface area (Å²) in [6, 6.07) is 0.911. The number of carbonyl (C=O) groups is 1. The van der Waals surface area contributed by atoms with Crippen molar-refractivity contribution in [1.29, 1.82) is 0 Å². The number of likely N-dealkylation sites (N-methyl/N-ethyl adjacent to an activating group) is 1. The van der Waals surface area contributed by atoms with Crippen molar-refractivity contribution in [3.63, 3.8) is 0 Å². The van der Waals surface area contributed by atoms with E-state index in [1.165, 1.54) is 7.05 Å². The molecule has 1 aliphatic rings. The molecule has 1 fully saturated rings. The highest BCUT2D eigenvalue weighted by Crippen LogP contribution is 2.30. The molecule has 0 unspecified atom stereocenters. The van der Waals surface area contributed by atoms with Gasteiger partial charge in [0.25, 0.3) is 0 Å². The maximum atomic E-state index is 15.1. The molecule has 0 amide bonds. The summed E-state index contributed by atoms with van der Waals surface area (Å²) in [5.74, 6) is -3.22. The molecule has 2 heterocycles. The molecule has 3 rings (SSSR count). The lowest BCUT2D eigenvalue weighted by Gasteiger charge is -2.34. The average molecular weight is 389 g/mol. The smallest absolute Gasteiger partial charge is 0.341 e. The Bertz CT molecular complexity index is 911. The molecule has 0 bridgehead atoms. The van der Waals surface area contributed by atoms with Gasteiger partial charge in [-0.25, -0.2) is 13.6 Å². The predicted molar refractivity (Wildman–Crippen MR) is 97.3 cm³/mol. The zero-order valence-electron chi connectivity index (χ0n) is 14.3. The van der Waals surface area contributed by atoms with Crippen LogP contribution in [0.25, 0.3) is 10.9 Å². The number of nitrogens with one attached hydrogen (secondary N) is 1. The molecule has 0 aliphatic carbocycles. The third-order valence-electron chi connectivity index (χ3n) is 4.45. The van der Waals surface area contributed by atoms with E-state index in [0.717, 1.165) is 16.9 Å². The fourth-order valence-corrected chi connectivity index (χ4v) is 3.05. The Morgan fingerprint density at radius 3 is 2.38 bits per heavy atom. The van der Waals surface area contributed by atoms with Crippen LogP contribution in [-0.2, 0) is 0 Å². The van der Waals surface area contributed by atoms with Crippen molar-refractivity contribution >= 4 is 35.0 Å². The van der Waals surface area contributed by atoms with Crippen LogP contribution in [-0.4, -0.2) is 60.9 Å². The highest BCUT2D eigenvalue weighted by Gasteiger charge is 2.26. The van der Waals surface area contributed by atoms with Crippen LogP contribution in [0, 0.1) is 11.6 Å². The van der Waals surface area contributed by atoms with Gasteiger partial charge < -0.3 is 20.3 Å². The Morgan fingerprint density at radius 1 is 1.23 bits per heavy atom. The molecule has 142 valence electrons. The molecular weight excluding hydrogens is 370 g/mol. The van der Waals surface area contributed by atoms with E-state index in [9.17, 15) is 14.0 Å². The van der Waals surface area contributed by atoms with E-state index in [0.29, 0.717) is 26.2 Å². The molecule has 10 heteroatoms. The quantitative estimate of drug-likeness (QED) is 0.826. The average Bonchev–Trinajstić information content (AvgIpc) is 2.57. The minimum absolute atomic E-state index is 0. The SMILES string of the molecule is CNn1cc(C(=O)O)c(=O)c2cc(F)c(N3CCN(C)CC3)c(F)c21.Cl. The topological polar surface area (TPSA) is 77.8 Å². The molecule has 1 aromatic carbocycles. The van der Waals surface area contributed by atoms with Gasteiger partial charge in [-0.2, -0.15) is 0 Å². The van der Waals surface area contributed by atoms with Crippen LogP contribution in [0.4, 0.5) is 14.5 Å². The van der Waals surface area contributed by atoms with Gasteiger partial charge in [-0.1, -0.05) is 0 Å². The number of anilines is 1. The van der Waals surface area contributed by atoms with Gasteiger partial charge in [0.1, 0.15) is 22.6 Å². The lowest BCUT2D eigenvalue weighted by molar-refractivity contribution is 0.0695. The first-order chi connectivity index (χ1) is 11.8. The summed E-state index contributed by atoms with van der Waals surface area (Å²) in [6.07, 6.45) is 1.00. The van der Waals surface area contributed by atoms with E-state index in [1.54, 1.807) is 4.90 Å². The molecule has 1 aromatic heterocycles. The number of benzene rings is 1. The summed E-state index contributed by atoms with van der Waals surface area (Å²) >= 11 is 0. The number of carboxylic acids is 1. The van der Waals surface area contributed by atoms with Crippen LogP contribution < -0.4 is 15.8 Å². The molecule has 1 saturated heterocycles. The molecule has 0 spiro atoms. The van der Waals surface area contributed by atoms with E-state index in [-0.39, 0.29) is 29.0 Å². The Hall–Kier alpha value is -2.39. The first-order valence-electron chi connectivity index (χ1n) is 7.77. The Kier molecular flexibility index (Phi) is 5.72. The minimum atomic E-state index is -1.46. The molecular formula is C16H19ClF2N4O3. The standard InChI is InChI=1S/C16H18F2N4O3.ClH/c1-19-22-8-10(16(24)25)15(23)9-7-11(17)14(12(18)13(9)22)21-5-3-20(2)4-6-21;/h7-8,19H,3-6H2,1-2H3,(H,24,25);1H. The predicted octanol–water partition coefficient (Wildman–Crippen LogP) is 1.32. The summed E-state index contributed by atoms with van der Waals surface area (Å²) in [7, 11) is 3.38. The molecule has 7 nitrogen and oxygen atoms in total. The number of fused-ring (bicyclic) bond motifs is 1. The van der Waals surface area contributed by atoms with E-state index < -0.39 is 28.6 Å². The van der Waals surface area contributed by atoms with E-state index in [4.69, 9.17) is 5.11 Å². The summed E-state index contributed by atoms with van der Waals surface area (Å²) < 4.78 is 30.8. The van der Waals surface area contributed by atoms with Crippen LogP contribution in [0.3, 0.4) is 0 Å². The zero-order chi connectivity index (χ0) is 18.3. The van der Waals surface area contributed by atoms with Gasteiger partial charge in [0.15, 0.2) is 5.82 Å². The highest BCUT2D eigenvalue weighted by atomic mass is 35.5. The van der Waals surface area contributed by atoms with Gasteiger partial charge >= 0.3 is 5.97 Å². The second-order valence-electron chi connectivity index (χ2n) is 5.98. The number of rotatable bonds is 3. The number of aromatic carboxylic acids is 1. The summed E-state index contributed by atoms with van der Waals surface area (Å²) in [5.41, 5.74) is 0.758. The van der Waals surface area contributed by atoms with Gasteiger partial charge in [-0.3, -0.25) is 9.47 Å². The number of hydrogen-bond acceptors (Lipinski definition) is 5. The Morgan fingerprint density at radius 2 is 1.85 bits per heavy atom. The van der Waals surface area contributed by atoms with Crippen molar-refractivity contribution in [2.45, 2.75) is 0 Å². The molecule has 26 heavy (non-hydrogen) atoms. The van der Waals surface area contributed by atoms with Crippen molar-refractivity contribution in [3.8, 4) is 0 Å². The number of piperazine rings is 1. The van der Waals surface area contributed by atoms with E-state index in [1.807, 2.05) is 7.05 Å². The molecule has 1 aliphatic heterocycles. The maximum Gasteiger partial charge on any atom is 0.341 e. The molecule has 0 atom stereocenters. The van der Waals surface area contributed by atoms with Crippen molar-refractivity contribution in [3.05, 3.63) is 39.7 Å². The van der Waals surface area contributed by atoms with Crippen LogP contribution >= 0.6 is 12.4 Å². The van der Waals surface area contributed by atoms with Gasteiger partial charge in [0, 0.05) is 39.4 Å². The van der Waals surface area contributed by atoms with Crippen molar-refractivity contribution in [2.24, 2.45) is 0 Å². The van der Waals surface area contributed by atoms with E-state index >= 15 is 4.39 Å². The number of halogens is 3. The Balaban J connectivity index is 0.00000243. The molecule has 0 radical (unpaired) electrons. The number of nitrogens with zero attached hydrogens (tertiary/aromatic N) is 3. The van der Waals surface area contributed by atoms with E-state index in [2.05, 4.69) is 10.3 Å². The first-order valence-corrected chi connectivity index (χ1v) is 7.77. The normalized spacial score (nSPS) is 15.0. The van der Waals surface area contributed by atoms with Gasteiger partial charge in [0.2, 0.25) is 5.43 Å². The molecule has 0 saturated carbocycles. The monoisotopic (exact) mass is 388 g/mol. The number of hydrogen-bond donors (Lipinski definition) is 2. The third kappa shape index (κ3) is 3.19. The summed E-state index contributed by atoms with van der Waals surface area (Å²) in [4.78, 5) is 27.2. The summed E-state index contributed by atoms with van der Waals surface area (Å²) in [5, 5.41) is 8.81. The first kappa shape index (κ1) is 19.9. The fourth-order valence-electron chi connectivity index (χ4n) is 3.05. The number of aromatic nitrogens is 1. The lowest BCUT2D eigenvalue weighted by Crippen LogP contribution is -2.45. The van der Waals surface area contributed by atoms with Gasteiger partial charge in [-0.05, 0) is 13.1 Å². The van der Waals surface area contributed by atoms with Crippen molar-refractivity contribution < 1.29 is 18.7 Å². The van der Waals surface area contributed by atoms with Crippen molar-refractivity contribution in [1.82, 2.24) is 9.58 Å². The van der Waals surface area contributed by atoms with Crippen molar-refractivity contribution in [2.75, 3.05) is 50.6 Å². The lowest BCUT2D eigenvalue weighted by atomic mass is 10.1. The second-order valence-corrected chi connectivity index (χ2v) is 5.98. The molecule has 2 aromatic rings. The van der Waals surface area contributed by atoms with Crippen LogP contribution in [0.2, 0.25) is 0 Å². The third-order valence-corrected chi connectivity index (χ3v) is 4.45. The number of pyridine rings is 1. The van der Waals surface area contributed by atoms with Crippen LogP contribution in [0.1, 0.15) is 10.4 Å². The van der Waals surface area contributed by atoms with Crippen LogP contribution in [0.5, 0.6) is 0 Å². The maximum absolute atomic E-state index is 15.1. The second kappa shape index (κ2) is 7.46. The minimum Gasteiger partial charge on any atom is -0.477 e. The number of carboxylic acid groups (broad SMARTS) is 1. The van der Waals surface area contributed by atoms with Gasteiger partial charge in [0.05, 0.1) is 5.39 Å². The largest absolute Gasteiger partial charge is 0.477 e. The van der Waals surface area contributed by atoms with Crippen LogP contribution in [0.15, 0.2) is 17.1 Å². The Labute approximate surface area is 154 Å². The zero-order valence-corrected chi connectivity index (χ0v) is 15.1.